The molecule has 2 saturated heterocycles. The summed E-state index contributed by atoms with van der Waals surface area (Å²) in [5.41, 5.74) is -1.49. The van der Waals surface area contributed by atoms with Gasteiger partial charge in [-0.2, -0.15) is 18.4 Å². The van der Waals surface area contributed by atoms with Crippen molar-refractivity contribution in [1.82, 2.24) is 55.1 Å². The van der Waals surface area contributed by atoms with E-state index in [1.54, 1.807) is 27.7 Å². The Balaban J connectivity index is 1.55. The molecule has 5 aliphatic rings. The van der Waals surface area contributed by atoms with Crippen molar-refractivity contribution in [2.45, 2.75) is 230 Å². The van der Waals surface area contributed by atoms with E-state index in [-0.39, 0.29) is 101 Å². The highest BCUT2D eigenvalue weighted by molar-refractivity contribution is 6.20. The zero-order valence-electron chi connectivity index (χ0n) is 57.5. The van der Waals surface area contributed by atoms with E-state index in [0.717, 1.165) is 14.7 Å². The lowest BCUT2D eigenvalue weighted by Gasteiger charge is -2.41. The Kier molecular flexibility index (Phi) is 28.2. The van der Waals surface area contributed by atoms with Gasteiger partial charge in [0.1, 0.15) is 41.8 Å². The molecule has 0 aromatic rings. The molecule has 1 spiro atoms. The maximum Gasteiger partial charge on any atom is 0.393 e. The van der Waals surface area contributed by atoms with E-state index < -0.39 is 162 Å². The van der Waals surface area contributed by atoms with Gasteiger partial charge < -0.3 is 55.1 Å². The summed E-state index contributed by atoms with van der Waals surface area (Å²) in [6.07, 6.45) is 0.524. The van der Waals surface area contributed by atoms with Gasteiger partial charge in [-0.15, -0.1) is 11.6 Å². The number of hydrogen-bond acceptors (Lipinski definition) is 12. The quantitative estimate of drug-likeness (QED) is 0.235. The van der Waals surface area contributed by atoms with E-state index >= 15 is 9.59 Å². The van der Waals surface area contributed by atoms with Gasteiger partial charge in [0.2, 0.25) is 65.0 Å². The third kappa shape index (κ3) is 19.9. The predicted molar refractivity (Wildman–Crippen MR) is 343 cm³/mol. The first kappa shape index (κ1) is 77.4. The van der Waals surface area contributed by atoms with Gasteiger partial charge >= 0.3 is 6.18 Å². The maximum absolute atomic E-state index is 15.1. The second kappa shape index (κ2) is 33.9. The molecule has 2 aliphatic heterocycles. The summed E-state index contributed by atoms with van der Waals surface area (Å²) in [6.45, 7) is 11.0. The minimum Gasteiger partial charge on any atom is -0.343 e. The molecule has 93 heavy (non-hydrogen) atoms. The lowest BCUT2D eigenvalue weighted by Crippen LogP contribution is -2.64. The molecule has 0 radical (unpaired) electrons. The molecule has 13 atom stereocenters. The lowest BCUT2D eigenvalue weighted by atomic mass is 9.78. The van der Waals surface area contributed by atoms with Gasteiger partial charge in [0.05, 0.1) is 31.6 Å². The van der Waals surface area contributed by atoms with E-state index in [1.807, 2.05) is 20.8 Å². The summed E-state index contributed by atoms with van der Waals surface area (Å²) in [4.78, 5) is 171. The molecule has 524 valence electrons. The second-order valence-electron chi connectivity index (χ2n) is 28.4. The van der Waals surface area contributed by atoms with E-state index in [1.165, 1.54) is 73.8 Å². The van der Waals surface area contributed by atoms with E-state index in [2.05, 4.69) is 22.0 Å². The van der Waals surface area contributed by atoms with Crippen LogP contribution in [0.3, 0.4) is 0 Å². The van der Waals surface area contributed by atoms with Crippen LogP contribution in [0.15, 0.2) is 0 Å². The number of fused-ring (bicyclic) bond motifs is 1. The molecule has 3 saturated carbocycles. The Morgan fingerprint density at radius 3 is 1.86 bits per heavy atom. The van der Waals surface area contributed by atoms with Crippen LogP contribution in [0, 0.1) is 52.8 Å². The standard InChI is InChI=1S/C66H106ClF3N12O11/c1-15-41(6)56-62(91)77(10)37-54(85)75(8)38-55(86)80(13)51(34-44-20-18-21-45(32-44)35-71)61(90)76(9)36-52(83)72-48(26-24-43-23-25-46(47(67)33-43)66(68,69)70)60(89)82-29-19-22-49(82)59(88)74-65(27-16-17-28-65)64(93)81(14)57(40(4)5)63(92)78(11)42(7)31-53(84)79(12)50(30-39(2)3)58(87)73-56/h39-51,56-57H,15-34,36-38H2,1-14H3,(H,72,83)(H,73,87)(H,74,88)/t41-,42+,43?,44?,45?,46?,47?,48-,49-,50-,51-,56-,57-/m0/s1. The highest BCUT2D eigenvalue weighted by atomic mass is 35.5. The van der Waals surface area contributed by atoms with Crippen molar-refractivity contribution in [2.24, 2.45) is 41.4 Å². The number of carbonyl (C=O) groups is 11. The van der Waals surface area contributed by atoms with Crippen LogP contribution >= 0.6 is 11.6 Å². The number of carbonyl (C=O) groups excluding carboxylic acids is 11. The number of alkyl halides is 4. The van der Waals surface area contributed by atoms with Crippen LogP contribution in [0.5, 0.6) is 0 Å². The van der Waals surface area contributed by atoms with Crippen LogP contribution in [0.25, 0.3) is 0 Å². The van der Waals surface area contributed by atoms with Crippen LogP contribution in [-0.2, 0) is 52.7 Å². The topological polar surface area (TPSA) is 274 Å². The average Bonchev–Trinajstić information content (AvgIpc) is 1.93. The monoisotopic (exact) mass is 1330 g/mol. The zero-order chi connectivity index (χ0) is 69.7. The fourth-order valence-corrected chi connectivity index (χ4v) is 14.9. The Hall–Kier alpha value is -6.26. The van der Waals surface area contributed by atoms with Gasteiger partial charge in [0, 0.05) is 79.6 Å². The maximum atomic E-state index is 15.1. The van der Waals surface area contributed by atoms with Gasteiger partial charge in [-0.3, -0.25) is 52.7 Å². The Bertz CT molecular complexity index is 2730. The molecule has 0 aromatic heterocycles. The third-order valence-electron chi connectivity index (χ3n) is 20.6. The minimum absolute atomic E-state index is 0.00394. The Morgan fingerprint density at radius 1 is 0.645 bits per heavy atom. The molecule has 11 amide bonds. The molecular formula is C66H106ClF3N12O11. The summed E-state index contributed by atoms with van der Waals surface area (Å²) in [6, 6.07) is -5.43. The van der Waals surface area contributed by atoms with Crippen LogP contribution in [0.1, 0.15) is 170 Å². The predicted octanol–water partition coefficient (Wildman–Crippen LogP) is 5.32. The molecule has 5 rings (SSSR count). The normalized spacial score (nSPS) is 30.7. The molecule has 3 aliphatic carbocycles. The molecule has 27 heteroatoms. The summed E-state index contributed by atoms with van der Waals surface area (Å²) in [7, 11) is 10.0. The van der Waals surface area contributed by atoms with Crippen molar-refractivity contribution >= 4 is 76.6 Å². The largest absolute Gasteiger partial charge is 0.393 e. The summed E-state index contributed by atoms with van der Waals surface area (Å²) >= 11 is 6.36. The van der Waals surface area contributed by atoms with Crippen molar-refractivity contribution in [2.75, 3.05) is 75.5 Å². The van der Waals surface area contributed by atoms with Gasteiger partial charge in [-0.1, -0.05) is 73.6 Å². The van der Waals surface area contributed by atoms with Crippen molar-refractivity contribution in [1.29, 1.82) is 5.26 Å². The van der Waals surface area contributed by atoms with Gasteiger partial charge in [0.25, 0.3) is 0 Å². The second-order valence-corrected chi connectivity index (χ2v) is 29.0. The first-order valence-corrected chi connectivity index (χ1v) is 34.0. The lowest BCUT2D eigenvalue weighted by molar-refractivity contribution is -0.182. The number of rotatable bonds is 10. The number of hydrogen-bond donors (Lipinski definition) is 3. The van der Waals surface area contributed by atoms with Crippen molar-refractivity contribution in [3.8, 4) is 6.07 Å². The third-order valence-corrected chi connectivity index (χ3v) is 21.1. The van der Waals surface area contributed by atoms with Crippen molar-refractivity contribution in [3.63, 3.8) is 0 Å². The van der Waals surface area contributed by atoms with E-state index in [9.17, 15) is 61.6 Å². The molecule has 0 bridgehead atoms. The molecule has 0 aromatic carbocycles. The summed E-state index contributed by atoms with van der Waals surface area (Å²) < 4.78 is 41.8. The smallest absolute Gasteiger partial charge is 0.343 e. The number of likely N-dealkylation sites (N-methyl/N-ethyl adjacent to an activating group) is 7. The summed E-state index contributed by atoms with van der Waals surface area (Å²) in [5, 5.41) is 17.4. The van der Waals surface area contributed by atoms with Crippen LogP contribution < -0.4 is 16.0 Å². The molecular weight excluding hydrogens is 1230 g/mol. The highest BCUT2D eigenvalue weighted by Crippen LogP contribution is 2.44. The molecule has 2 heterocycles. The van der Waals surface area contributed by atoms with Crippen molar-refractivity contribution in [3.05, 3.63) is 0 Å². The van der Waals surface area contributed by atoms with Crippen molar-refractivity contribution < 1.29 is 65.9 Å². The Morgan fingerprint density at radius 2 is 1.27 bits per heavy atom. The van der Waals surface area contributed by atoms with Gasteiger partial charge in [0.15, 0.2) is 0 Å². The molecule has 5 fully saturated rings. The fraction of sp³-hybridized carbons (Fsp3) is 0.818. The van der Waals surface area contributed by atoms with E-state index in [4.69, 9.17) is 11.6 Å². The number of nitriles is 1. The average molecular weight is 1340 g/mol. The fourth-order valence-electron chi connectivity index (χ4n) is 14.4. The first-order valence-electron chi connectivity index (χ1n) is 33.6. The number of nitrogens with one attached hydrogen (secondary N) is 3. The van der Waals surface area contributed by atoms with Gasteiger partial charge in [-0.25, -0.2) is 0 Å². The Labute approximate surface area is 553 Å². The molecule has 5 unspecified atom stereocenters. The first-order chi connectivity index (χ1) is 43.5. The molecule has 23 nitrogen and oxygen atoms in total. The number of halogens is 4. The minimum atomic E-state index is -4.51. The van der Waals surface area contributed by atoms with Crippen LogP contribution in [0.4, 0.5) is 13.2 Å². The zero-order valence-corrected chi connectivity index (χ0v) is 58.2. The van der Waals surface area contributed by atoms with Crippen LogP contribution in [-0.4, -0.2) is 239 Å². The molecule has 3 N–H and O–H groups in total. The number of nitrogens with zero attached hydrogens (tertiary/aromatic N) is 9. The summed E-state index contributed by atoms with van der Waals surface area (Å²) in [5.74, 6) is -10.4. The highest BCUT2D eigenvalue weighted by Gasteiger charge is 2.51. The van der Waals surface area contributed by atoms with Crippen LogP contribution in [0.2, 0.25) is 0 Å². The van der Waals surface area contributed by atoms with Gasteiger partial charge in [-0.05, 0) is 120 Å². The SMILES string of the molecule is CC[C@H](C)[C@@H]1NC(=O)[C@H](CC(C)C)N(C)C(=O)C[C@@H](C)N(C)C(=O)[C@H](C(C)C)N(C)C(=O)C2(CCCC2)NC(=O)[C@@H]2CCCN2C(=O)[C@H](CCC2CCC(C(F)(F)F)C(Cl)C2)NC(=O)CN(C)C(=O)[C@H](CC2CCCC(C#N)C2)N(C)C(=O)CN(C)C(=O)CN(C)C1=O. The number of amides is 11. The van der Waals surface area contributed by atoms with E-state index in [0.29, 0.717) is 51.4 Å².